The van der Waals surface area contributed by atoms with Gasteiger partial charge in [0, 0.05) is 32.2 Å². The van der Waals surface area contributed by atoms with Gasteiger partial charge in [-0.2, -0.15) is 0 Å². The van der Waals surface area contributed by atoms with Gasteiger partial charge in [0.2, 0.25) is 0 Å². The average Bonchev–Trinajstić information content (AvgIpc) is 2.79. The van der Waals surface area contributed by atoms with Crippen LogP contribution in [0, 0.1) is 5.92 Å². The molecule has 1 atom stereocenters. The van der Waals surface area contributed by atoms with E-state index in [1.165, 1.54) is 44.0 Å². The van der Waals surface area contributed by atoms with E-state index in [-0.39, 0.29) is 35.9 Å². The fourth-order valence-electron chi connectivity index (χ4n) is 4.46. The first-order chi connectivity index (χ1) is 14.6. The van der Waals surface area contributed by atoms with Crippen LogP contribution in [-0.4, -0.2) is 61.1 Å². The third-order valence-corrected chi connectivity index (χ3v) is 6.42. The highest BCUT2D eigenvalue weighted by molar-refractivity contribution is 14.0. The van der Waals surface area contributed by atoms with Crippen LogP contribution in [0.15, 0.2) is 29.3 Å². The molecule has 6 nitrogen and oxygen atoms in total. The number of halogens is 1. The van der Waals surface area contributed by atoms with Gasteiger partial charge >= 0.3 is 5.97 Å². The molecule has 3 rings (SSSR count). The minimum atomic E-state index is -0.0874. The summed E-state index contributed by atoms with van der Waals surface area (Å²) >= 11 is 0. The molecule has 0 radical (unpaired) electrons. The number of likely N-dealkylation sites (tertiary alicyclic amines) is 2. The van der Waals surface area contributed by atoms with Crippen molar-refractivity contribution in [3.05, 3.63) is 35.4 Å². The van der Waals surface area contributed by atoms with Crippen LogP contribution in [0.25, 0.3) is 0 Å². The summed E-state index contributed by atoms with van der Waals surface area (Å²) in [4.78, 5) is 21.5. The van der Waals surface area contributed by atoms with Gasteiger partial charge < -0.3 is 15.0 Å². The Morgan fingerprint density at radius 1 is 1.10 bits per heavy atom. The number of piperidine rings is 2. The lowest BCUT2D eigenvalue weighted by molar-refractivity contribution is -0.146. The standard InChI is InChI=1S/C24H38N4O2.HI/c1-4-25-24(27-15-12-22(13-16-27)23(29)30-3)26-17-20-8-10-21(11-9-20)18-28-14-6-5-7-19(28)2;/h8-11,19,22H,4-7,12-18H2,1-3H3,(H,25,26);1H. The highest BCUT2D eigenvalue weighted by Crippen LogP contribution is 2.20. The number of aliphatic imine (C=N–C) groups is 1. The summed E-state index contributed by atoms with van der Waals surface area (Å²) in [5.74, 6) is 0.868. The van der Waals surface area contributed by atoms with Gasteiger partial charge in [-0.25, -0.2) is 4.99 Å². The minimum absolute atomic E-state index is 0. The van der Waals surface area contributed by atoms with E-state index in [0.717, 1.165) is 45.0 Å². The summed E-state index contributed by atoms with van der Waals surface area (Å²) in [7, 11) is 1.47. The van der Waals surface area contributed by atoms with Crippen molar-refractivity contribution in [1.82, 2.24) is 15.1 Å². The molecule has 0 bridgehead atoms. The molecular weight excluding hydrogens is 503 g/mol. The van der Waals surface area contributed by atoms with E-state index in [2.05, 4.69) is 53.2 Å². The highest BCUT2D eigenvalue weighted by Gasteiger charge is 2.27. The van der Waals surface area contributed by atoms with Crippen molar-refractivity contribution >= 4 is 35.9 Å². The average molecular weight is 543 g/mol. The number of benzene rings is 1. The lowest BCUT2D eigenvalue weighted by Crippen LogP contribution is -2.46. The lowest BCUT2D eigenvalue weighted by atomic mass is 9.97. The molecule has 0 saturated carbocycles. The molecule has 2 heterocycles. The van der Waals surface area contributed by atoms with Gasteiger partial charge in [0.15, 0.2) is 5.96 Å². The maximum atomic E-state index is 11.8. The first-order valence-electron chi connectivity index (χ1n) is 11.5. The van der Waals surface area contributed by atoms with Crippen molar-refractivity contribution in [2.45, 2.75) is 65.1 Å². The van der Waals surface area contributed by atoms with Gasteiger partial charge in [-0.3, -0.25) is 9.69 Å². The van der Waals surface area contributed by atoms with E-state index in [1.807, 2.05) is 0 Å². The van der Waals surface area contributed by atoms with Crippen LogP contribution in [0.3, 0.4) is 0 Å². The summed E-state index contributed by atoms with van der Waals surface area (Å²) in [6.45, 7) is 9.86. The van der Waals surface area contributed by atoms with Crippen LogP contribution in [0.1, 0.15) is 57.1 Å². The fraction of sp³-hybridized carbons (Fsp3) is 0.667. The number of carbonyl (C=O) groups excluding carboxylic acids is 1. The molecule has 2 aliphatic rings. The number of esters is 1. The Morgan fingerprint density at radius 2 is 1.77 bits per heavy atom. The molecule has 0 aromatic heterocycles. The Morgan fingerprint density at radius 3 is 2.39 bits per heavy atom. The van der Waals surface area contributed by atoms with E-state index in [1.54, 1.807) is 0 Å². The van der Waals surface area contributed by atoms with Crippen LogP contribution >= 0.6 is 24.0 Å². The van der Waals surface area contributed by atoms with Crippen molar-refractivity contribution < 1.29 is 9.53 Å². The smallest absolute Gasteiger partial charge is 0.308 e. The van der Waals surface area contributed by atoms with Gasteiger partial charge in [-0.05, 0) is 57.2 Å². The molecule has 1 N–H and O–H groups in total. The number of nitrogens with zero attached hydrogens (tertiary/aromatic N) is 3. The molecule has 0 aliphatic carbocycles. The van der Waals surface area contributed by atoms with E-state index in [9.17, 15) is 4.79 Å². The van der Waals surface area contributed by atoms with Crippen molar-refractivity contribution in [2.75, 3.05) is 33.3 Å². The highest BCUT2D eigenvalue weighted by atomic mass is 127. The van der Waals surface area contributed by atoms with Crippen LogP contribution in [0.5, 0.6) is 0 Å². The van der Waals surface area contributed by atoms with E-state index in [4.69, 9.17) is 9.73 Å². The summed E-state index contributed by atoms with van der Waals surface area (Å²) in [6.07, 6.45) is 5.64. The topological polar surface area (TPSA) is 57.2 Å². The molecule has 1 aromatic rings. The molecule has 2 aliphatic heterocycles. The van der Waals surface area contributed by atoms with Crippen molar-refractivity contribution in [3.8, 4) is 0 Å². The molecule has 31 heavy (non-hydrogen) atoms. The number of carbonyl (C=O) groups is 1. The predicted octanol–water partition coefficient (Wildman–Crippen LogP) is 4.03. The number of rotatable bonds is 6. The molecular formula is C24H39IN4O2. The maximum absolute atomic E-state index is 11.8. The summed E-state index contributed by atoms with van der Waals surface area (Å²) in [5, 5.41) is 3.40. The Kier molecular flexibility index (Phi) is 11.1. The third kappa shape index (κ3) is 7.63. The van der Waals surface area contributed by atoms with Gasteiger partial charge in [0.05, 0.1) is 19.6 Å². The fourth-order valence-corrected chi connectivity index (χ4v) is 4.46. The predicted molar refractivity (Wildman–Crippen MR) is 137 cm³/mol. The molecule has 0 spiro atoms. The summed E-state index contributed by atoms with van der Waals surface area (Å²) in [6, 6.07) is 9.61. The van der Waals surface area contributed by atoms with Crippen LogP contribution in [-0.2, 0) is 22.6 Å². The normalized spacial score (nSPS) is 20.8. The number of hydrogen-bond donors (Lipinski definition) is 1. The molecule has 2 fully saturated rings. The Bertz CT molecular complexity index is 702. The first kappa shape index (κ1) is 25.9. The quantitative estimate of drug-likeness (QED) is 0.255. The second kappa shape index (κ2) is 13.3. The van der Waals surface area contributed by atoms with E-state index >= 15 is 0 Å². The SMILES string of the molecule is CCNC(=NCc1ccc(CN2CCCCC2C)cc1)N1CCC(C(=O)OC)CC1.I. The second-order valence-electron chi connectivity index (χ2n) is 8.59. The van der Waals surface area contributed by atoms with Gasteiger partial charge in [0.1, 0.15) is 0 Å². The zero-order chi connectivity index (χ0) is 21.3. The zero-order valence-corrected chi connectivity index (χ0v) is 21.6. The molecule has 2 saturated heterocycles. The Balaban J connectivity index is 0.00000341. The largest absolute Gasteiger partial charge is 0.469 e. The summed E-state index contributed by atoms with van der Waals surface area (Å²) < 4.78 is 4.90. The number of nitrogens with one attached hydrogen (secondary N) is 1. The zero-order valence-electron chi connectivity index (χ0n) is 19.3. The van der Waals surface area contributed by atoms with Crippen molar-refractivity contribution in [1.29, 1.82) is 0 Å². The monoisotopic (exact) mass is 542 g/mol. The number of guanidine groups is 1. The van der Waals surface area contributed by atoms with Crippen LogP contribution < -0.4 is 5.32 Å². The van der Waals surface area contributed by atoms with Crippen molar-refractivity contribution in [2.24, 2.45) is 10.9 Å². The maximum Gasteiger partial charge on any atom is 0.308 e. The molecule has 1 aromatic carbocycles. The van der Waals surface area contributed by atoms with E-state index < -0.39 is 0 Å². The molecule has 7 heteroatoms. The van der Waals surface area contributed by atoms with Gasteiger partial charge in [-0.15, -0.1) is 24.0 Å². The van der Waals surface area contributed by atoms with Gasteiger partial charge in [-0.1, -0.05) is 30.7 Å². The lowest BCUT2D eigenvalue weighted by Gasteiger charge is -2.33. The van der Waals surface area contributed by atoms with Crippen LogP contribution in [0.2, 0.25) is 0 Å². The first-order valence-corrected chi connectivity index (χ1v) is 11.5. The summed E-state index contributed by atoms with van der Waals surface area (Å²) in [5.41, 5.74) is 2.61. The number of methoxy groups -OCH3 is 1. The number of hydrogen-bond acceptors (Lipinski definition) is 4. The van der Waals surface area contributed by atoms with E-state index in [0.29, 0.717) is 12.6 Å². The molecule has 1 unspecified atom stereocenters. The Hall–Kier alpha value is -1.35. The molecule has 0 amide bonds. The number of ether oxygens (including phenoxy) is 1. The van der Waals surface area contributed by atoms with Gasteiger partial charge in [0.25, 0.3) is 0 Å². The van der Waals surface area contributed by atoms with Crippen molar-refractivity contribution in [3.63, 3.8) is 0 Å². The minimum Gasteiger partial charge on any atom is -0.469 e. The Labute approximate surface area is 204 Å². The third-order valence-electron chi connectivity index (χ3n) is 6.42. The second-order valence-corrected chi connectivity index (χ2v) is 8.59. The van der Waals surface area contributed by atoms with Crippen LogP contribution in [0.4, 0.5) is 0 Å². The molecule has 174 valence electrons.